The highest BCUT2D eigenvalue weighted by Gasteiger charge is 1.94. The summed E-state index contributed by atoms with van der Waals surface area (Å²) in [4.78, 5) is 4.05. The van der Waals surface area contributed by atoms with E-state index in [4.69, 9.17) is 5.11 Å². The number of aliphatic hydroxyl groups excluding tert-OH is 1. The van der Waals surface area contributed by atoms with Crippen molar-refractivity contribution >= 4 is 15.9 Å². The first-order chi connectivity index (χ1) is 5.83. The summed E-state index contributed by atoms with van der Waals surface area (Å²) >= 11 is 3.36. The van der Waals surface area contributed by atoms with Gasteiger partial charge in [0.1, 0.15) is 0 Å². The van der Waals surface area contributed by atoms with Crippen LogP contribution in [-0.4, -0.2) is 16.7 Å². The van der Waals surface area contributed by atoms with Crippen molar-refractivity contribution in [1.29, 1.82) is 0 Å². The maximum Gasteiger partial charge on any atom is 0.0431 e. The molecule has 1 rings (SSSR count). The van der Waals surface area contributed by atoms with E-state index in [1.165, 1.54) is 5.56 Å². The van der Waals surface area contributed by atoms with Gasteiger partial charge in [0, 0.05) is 23.5 Å². The van der Waals surface area contributed by atoms with E-state index in [2.05, 4.69) is 27.0 Å². The molecule has 0 saturated heterocycles. The van der Waals surface area contributed by atoms with E-state index >= 15 is 0 Å². The Balaban J connectivity index is 2.41. The van der Waals surface area contributed by atoms with Crippen LogP contribution in [0.4, 0.5) is 0 Å². The zero-order chi connectivity index (χ0) is 8.81. The zero-order valence-electron chi connectivity index (χ0n) is 6.83. The third-order valence-corrected chi connectivity index (χ3v) is 2.07. The monoisotopic (exact) mass is 229 g/mol. The molecule has 1 aromatic rings. The van der Waals surface area contributed by atoms with Crippen molar-refractivity contribution in [2.45, 2.75) is 19.3 Å². The number of aryl methyl sites for hydroxylation is 1. The van der Waals surface area contributed by atoms with Gasteiger partial charge in [-0.2, -0.15) is 0 Å². The van der Waals surface area contributed by atoms with E-state index in [1.807, 2.05) is 6.20 Å². The van der Waals surface area contributed by atoms with Gasteiger partial charge in [0.2, 0.25) is 0 Å². The Morgan fingerprint density at radius 1 is 1.33 bits per heavy atom. The summed E-state index contributed by atoms with van der Waals surface area (Å²) in [7, 11) is 0. The molecule has 0 spiro atoms. The quantitative estimate of drug-likeness (QED) is 0.804. The normalized spacial score (nSPS) is 10.2. The van der Waals surface area contributed by atoms with Crippen molar-refractivity contribution in [3.8, 4) is 0 Å². The highest BCUT2D eigenvalue weighted by molar-refractivity contribution is 9.10. The predicted octanol–water partition coefficient (Wildman–Crippen LogP) is 2.16. The van der Waals surface area contributed by atoms with Crippen LogP contribution in [0.15, 0.2) is 22.9 Å². The number of nitrogens with zero attached hydrogens (tertiary/aromatic N) is 1. The molecule has 0 amide bonds. The predicted molar refractivity (Wildman–Crippen MR) is 52.0 cm³/mol. The smallest absolute Gasteiger partial charge is 0.0431 e. The fourth-order valence-corrected chi connectivity index (χ4v) is 1.45. The number of pyridine rings is 1. The van der Waals surface area contributed by atoms with Crippen molar-refractivity contribution in [2.75, 3.05) is 6.61 Å². The summed E-state index contributed by atoms with van der Waals surface area (Å²) < 4.78 is 1.02. The molecule has 0 atom stereocenters. The molecule has 0 unspecified atom stereocenters. The van der Waals surface area contributed by atoms with E-state index < -0.39 is 0 Å². The van der Waals surface area contributed by atoms with Crippen LogP contribution in [0.5, 0.6) is 0 Å². The van der Waals surface area contributed by atoms with Gasteiger partial charge in [-0.1, -0.05) is 0 Å². The first-order valence-corrected chi connectivity index (χ1v) is 4.82. The minimum absolute atomic E-state index is 0.279. The van der Waals surface area contributed by atoms with Crippen molar-refractivity contribution in [3.05, 3.63) is 28.5 Å². The van der Waals surface area contributed by atoms with Crippen molar-refractivity contribution < 1.29 is 5.11 Å². The van der Waals surface area contributed by atoms with Crippen molar-refractivity contribution in [1.82, 2.24) is 4.98 Å². The van der Waals surface area contributed by atoms with Crippen LogP contribution in [0.1, 0.15) is 18.4 Å². The van der Waals surface area contributed by atoms with Crippen LogP contribution in [0.2, 0.25) is 0 Å². The molecular weight excluding hydrogens is 218 g/mol. The number of hydrogen-bond acceptors (Lipinski definition) is 2. The molecule has 2 nitrogen and oxygen atoms in total. The number of unbranched alkanes of at least 4 members (excludes halogenated alkanes) is 1. The number of halogens is 1. The molecule has 0 aromatic carbocycles. The van der Waals surface area contributed by atoms with Gasteiger partial charge >= 0.3 is 0 Å². The summed E-state index contributed by atoms with van der Waals surface area (Å²) in [6, 6.07) is 2.06. The Bertz CT molecular complexity index is 240. The van der Waals surface area contributed by atoms with Crippen LogP contribution in [0, 0.1) is 0 Å². The zero-order valence-corrected chi connectivity index (χ0v) is 8.42. The molecule has 66 valence electrons. The van der Waals surface area contributed by atoms with E-state index in [0.717, 1.165) is 23.7 Å². The van der Waals surface area contributed by atoms with Gasteiger partial charge in [0.15, 0.2) is 0 Å². The second kappa shape index (κ2) is 5.27. The largest absolute Gasteiger partial charge is 0.396 e. The lowest BCUT2D eigenvalue weighted by molar-refractivity contribution is 0.284. The second-order valence-electron chi connectivity index (χ2n) is 2.69. The molecule has 0 bridgehead atoms. The molecular formula is C9H12BrNO. The highest BCUT2D eigenvalue weighted by Crippen LogP contribution is 2.11. The third kappa shape index (κ3) is 3.32. The van der Waals surface area contributed by atoms with E-state index in [0.29, 0.717) is 0 Å². The Morgan fingerprint density at radius 3 is 2.83 bits per heavy atom. The van der Waals surface area contributed by atoms with E-state index in [-0.39, 0.29) is 6.61 Å². The lowest BCUT2D eigenvalue weighted by atomic mass is 10.1. The second-order valence-corrected chi connectivity index (χ2v) is 3.61. The number of hydrogen-bond donors (Lipinski definition) is 1. The fourth-order valence-electron chi connectivity index (χ4n) is 1.03. The van der Waals surface area contributed by atoms with Crippen molar-refractivity contribution in [2.24, 2.45) is 0 Å². The van der Waals surface area contributed by atoms with Gasteiger partial charge < -0.3 is 5.11 Å². The van der Waals surface area contributed by atoms with E-state index in [1.54, 1.807) is 6.20 Å². The molecule has 0 saturated carbocycles. The SMILES string of the molecule is OCCCCc1cncc(Br)c1. The van der Waals surface area contributed by atoms with Crippen molar-refractivity contribution in [3.63, 3.8) is 0 Å². The summed E-state index contributed by atoms with van der Waals surface area (Å²) in [6.07, 6.45) is 6.52. The van der Waals surface area contributed by atoms with Crippen LogP contribution < -0.4 is 0 Å². The number of aromatic nitrogens is 1. The Hall–Kier alpha value is -0.410. The maximum atomic E-state index is 8.57. The van der Waals surface area contributed by atoms with Gasteiger partial charge in [0.05, 0.1) is 0 Å². The van der Waals surface area contributed by atoms with Gasteiger partial charge in [-0.25, -0.2) is 0 Å². The minimum Gasteiger partial charge on any atom is -0.396 e. The highest BCUT2D eigenvalue weighted by atomic mass is 79.9. The molecule has 3 heteroatoms. The molecule has 0 radical (unpaired) electrons. The maximum absolute atomic E-state index is 8.57. The van der Waals surface area contributed by atoms with Gasteiger partial charge in [-0.15, -0.1) is 0 Å². The standard InChI is InChI=1S/C9H12BrNO/c10-9-5-8(6-11-7-9)3-1-2-4-12/h5-7,12H,1-4H2. The Kier molecular flexibility index (Phi) is 4.25. The summed E-state index contributed by atoms with van der Waals surface area (Å²) in [5.74, 6) is 0. The van der Waals surface area contributed by atoms with Crippen LogP contribution >= 0.6 is 15.9 Å². The lowest BCUT2D eigenvalue weighted by Gasteiger charge is -1.99. The van der Waals surface area contributed by atoms with Crippen LogP contribution in [0.3, 0.4) is 0 Å². The summed E-state index contributed by atoms with van der Waals surface area (Å²) in [6.45, 7) is 0.279. The molecule has 0 fully saturated rings. The number of aliphatic hydroxyl groups is 1. The number of rotatable bonds is 4. The molecule has 12 heavy (non-hydrogen) atoms. The molecule has 1 N–H and O–H groups in total. The topological polar surface area (TPSA) is 33.1 Å². The Labute approximate surface area is 80.8 Å². The fraction of sp³-hybridized carbons (Fsp3) is 0.444. The van der Waals surface area contributed by atoms with Gasteiger partial charge in [-0.3, -0.25) is 4.98 Å². The van der Waals surface area contributed by atoms with Crippen LogP contribution in [-0.2, 0) is 6.42 Å². The molecule has 0 aliphatic rings. The first-order valence-electron chi connectivity index (χ1n) is 4.03. The summed E-state index contributed by atoms with van der Waals surface area (Å²) in [5, 5.41) is 8.57. The van der Waals surface area contributed by atoms with Gasteiger partial charge in [-0.05, 0) is 46.8 Å². The van der Waals surface area contributed by atoms with Gasteiger partial charge in [0.25, 0.3) is 0 Å². The molecule has 0 aliphatic heterocycles. The van der Waals surface area contributed by atoms with E-state index in [9.17, 15) is 0 Å². The Morgan fingerprint density at radius 2 is 2.17 bits per heavy atom. The lowest BCUT2D eigenvalue weighted by Crippen LogP contribution is -1.89. The third-order valence-electron chi connectivity index (χ3n) is 1.64. The average Bonchev–Trinajstić information content (AvgIpc) is 2.05. The molecule has 1 aromatic heterocycles. The minimum atomic E-state index is 0.279. The first kappa shape index (κ1) is 9.68. The molecule has 1 heterocycles. The summed E-state index contributed by atoms with van der Waals surface area (Å²) in [5.41, 5.74) is 1.22. The molecule has 0 aliphatic carbocycles. The average molecular weight is 230 g/mol. The van der Waals surface area contributed by atoms with Crippen LogP contribution in [0.25, 0.3) is 0 Å².